The van der Waals surface area contributed by atoms with Crippen LogP contribution in [0.3, 0.4) is 0 Å². The van der Waals surface area contributed by atoms with Crippen molar-refractivity contribution in [2.45, 2.75) is 57.6 Å². The molecule has 1 atom stereocenters. The van der Waals surface area contributed by atoms with E-state index in [1.54, 1.807) is 0 Å². The number of hydrogen-bond acceptors (Lipinski definition) is 3. The molecular weight excluding hydrogens is 384 g/mol. The number of nitrogens with one attached hydrogen (secondary N) is 2. The van der Waals surface area contributed by atoms with Crippen LogP contribution in [-0.2, 0) is 23.4 Å². The lowest BCUT2D eigenvalue weighted by molar-refractivity contribution is -0.149. The zero-order chi connectivity index (χ0) is 21.9. The largest absolute Gasteiger partial charge is 0.375 e. The van der Waals surface area contributed by atoms with Crippen LogP contribution in [0.15, 0.2) is 54.6 Å². The van der Waals surface area contributed by atoms with Gasteiger partial charge >= 0.3 is 0 Å². The van der Waals surface area contributed by atoms with Crippen LogP contribution in [0.25, 0.3) is 0 Å². The fraction of sp³-hybridized carbons (Fsp3) is 0.444. The molecule has 1 fully saturated rings. The molecule has 3 N–H and O–H groups in total. The molecule has 2 aromatic rings. The summed E-state index contributed by atoms with van der Waals surface area (Å²) in [5.41, 5.74) is 1.74. The number of carbonyl (C=O) groups excluding carboxylic acids is 1. The van der Waals surface area contributed by atoms with Crippen molar-refractivity contribution in [3.8, 4) is 11.8 Å². The van der Waals surface area contributed by atoms with Crippen molar-refractivity contribution in [2.24, 2.45) is 5.92 Å². The molecule has 0 heterocycles. The van der Waals surface area contributed by atoms with Crippen LogP contribution in [-0.4, -0.2) is 24.1 Å². The van der Waals surface area contributed by atoms with Gasteiger partial charge in [0, 0.05) is 12.5 Å². The third-order valence-corrected chi connectivity index (χ3v) is 6.19. The quantitative estimate of drug-likeness (QED) is 0.450. The standard InChI is InChI=1S/C27H34N2O2/c1-2-22-15-17-23(18-16-22)21-28-19-9-10-20-29-26(30)27(31,24-11-5-3-6-12-24)25-13-7-4-8-14-25/h3,5-6,11-12,15-18,25,28,31H,2,4,7-8,13-14,19-21H2,1H3,(H,29,30). The summed E-state index contributed by atoms with van der Waals surface area (Å²) in [6.45, 7) is 3.70. The highest BCUT2D eigenvalue weighted by Crippen LogP contribution is 2.39. The Morgan fingerprint density at radius 2 is 1.61 bits per heavy atom. The molecule has 0 bridgehead atoms. The van der Waals surface area contributed by atoms with Crippen molar-refractivity contribution in [1.29, 1.82) is 0 Å². The normalized spacial score (nSPS) is 16.1. The van der Waals surface area contributed by atoms with E-state index in [0.717, 1.165) is 38.6 Å². The van der Waals surface area contributed by atoms with Crippen molar-refractivity contribution >= 4 is 5.91 Å². The van der Waals surface area contributed by atoms with E-state index in [9.17, 15) is 9.90 Å². The van der Waals surface area contributed by atoms with E-state index in [-0.39, 0.29) is 18.4 Å². The van der Waals surface area contributed by atoms with Gasteiger partial charge < -0.3 is 15.7 Å². The molecule has 1 aliphatic rings. The topological polar surface area (TPSA) is 61.4 Å². The second kappa shape index (κ2) is 11.7. The fourth-order valence-electron chi connectivity index (χ4n) is 4.31. The van der Waals surface area contributed by atoms with Crippen LogP contribution in [0, 0.1) is 17.8 Å². The average Bonchev–Trinajstić information content (AvgIpc) is 2.84. The van der Waals surface area contributed by atoms with Gasteiger partial charge in [0.25, 0.3) is 5.91 Å². The highest BCUT2D eigenvalue weighted by molar-refractivity contribution is 5.87. The summed E-state index contributed by atoms with van der Waals surface area (Å²) in [6, 6.07) is 17.9. The van der Waals surface area contributed by atoms with Gasteiger partial charge in [-0.1, -0.05) is 92.6 Å². The van der Waals surface area contributed by atoms with E-state index in [1.807, 2.05) is 30.3 Å². The van der Waals surface area contributed by atoms with E-state index in [1.165, 1.54) is 17.5 Å². The summed E-state index contributed by atoms with van der Waals surface area (Å²) < 4.78 is 0. The van der Waals surface area contributed by atoms with Gasteiger partial charge in [0.05, 0.1) is 13.1 Å². The summed E-state index contributed by atoms with van der Waals surface area (Å²) in [7, 11) is 0. The van der Waals surface area contributed by atoms with E-state index in [4.69, 9.17) is 0 Å². The van der Waals surface area contributed by atoms with Gasteiger partial charge in [0.1, 0.15) is 0 Å². The highest BCUT2D eigenvalue weighted by atomic mass is 16.3. The Morgan fingerprint density at radius 1 is 0.968 bits per heavy atom. The van der Waals surface area contributed by atoms with Gasteiger partial charge in [-0.25, -0.2) is 0 Å². The maximum Gasteiger partial charge on any atom is 0.257 e. The first kappa shape index (κ1) is 23.1. The Hall–Kier alpha value is -2.61. The van der Waals surface area contributed by atoms with Crippen LogP contribution in [0.1, 0.15) is 55.7 Å². The van der Waals surface area contributed by atoms with Gasteiger partial charge in [-0.2, -0.15) is 0 Å². The summed E-state index contributed by atoms with van der Waals surface area (Å²) in [4.78, 5) is 13.0. The van der Waals surface area contributed by atoms with Gasteiger partial charge in [-0.15, -0.1) is 0 Å². The molecule has 0 radical (unpaired) electrons. The molecule has 4 heteroatoms. The Labute approximate surface area is 186 Å². The number of benzene rings is 2. The number of hydrogen-bond donors (Lipinski definition) is 3. The first-order chi connectivity index (χ1) is 15.1. The molecule has 2 aromatic carbocycles. The fourth-order valence-corrected chi connectivity index (χ4v) is 4.31. The maximum absolute atomic E-state index is 13.0. The van der Waals surface area contributed by atoms with Crippen molar-refractivity contribution in [3.63, 3.8) is 0 Å². The SMILES string of the molecule is CCc1ccc(CNCC#CCNC(=O)C(O)(c2ccccc2)C2CCCCC2)cc1. The smallest absolute Gasteiger partial charge is 0.257 e. The summed E-state index contributed by atoms with van der Waals surface area (Å²) in [6.07, 6.45) is 6.07. The number of rotatable bonds is 8. The lowest BCUT2D eigenvalue weighted by Gasteiger charge is -2.37. The second-order valence-electron chi connectivity index (χ2n) is 8.28. The monoisotopic (exact) mass is 418 g/mol. The molecule has 1 unspecified atom stereocenters. The Balaban J connectivity index is 1.50. The van der Waals surface area contributed by atoms with E-state index in [0.29, 0.717) is 12.1 Å². The molecule has 1 amide bonds. The Morgan fingerprint density at radius 3 is 2.29 bits per heavy atom. The third kappa shape index (κ3) is 6.19. The minimum absolute atomic E-state index is 0.0580. The predicted octanol–water partition coefficient (Wildman–Crippen LogP) is 3.93. The lowest BCUT2D eigenvalue weighted by atomic mass is 9.73. The molecule has 1 aliphatic carbocycles. The highest BCUT2D eigenvalue weighted by Gasteiger charge is 2.45. The Bertz CT molecular complexity index is 877. The Kier molecular flexibility index (Phi) is 8.70. The molecule has 1 saturated carbocycles. The molecule has 0 aromatic heterocycles. The van der Waals surface area contributed by atoms with Crippen LogP contribution in [0.5, 0.6) is 0 Å². The van der Waals surface area contributed by atoms with Crippen molar-refractivity contribution < 1.29 is 9.90 Å². The zero-order valence-corrected chi connectivity index (χ0v) is 18.5. The molecule has 164 valence electrons. The first-order valence-electron chi connectivity index (χ1n) is 11.4. The molecule has 31 heavy (non-hydrogen) atoms. The van der Waals surface area contributed by atoms with Gasteiger partial charge in [-0.3, -0.25) is 4.79 Å². The first-order valence-corrected chi connectivity index (χ1v) is 11.4. The van der Waals surface area contributed by atoms with Crippen molar-refractivity contribution in [1.82, 2.24) is 10.6 Å². The van der Waals surface area contributed by atoms with Crippen LogP contribution < -0.4 is 10.6 Å². The predicted molar refractivity (Wildman–Crippen MR) is 125 cm³/mol. The molecule has 0 saturated heterocycles. The van der Waals surface area contributed by atoms with E-state index >= 15 is 0 Å². The van der Waals surface area contributed by atoms with E-state index < -0.39 is 5.60 Å². The minimum atomic E-state index is -1.49. The second-order valence-corrected chi connectivity index (χ2v) is 8.28. The third-order valence-electron chi connectivity index (χ3n) is 6.19. The van der Waals surface area contributed by atoms with Gasteiger partial charge in [0.2, 0.25) is 0 Å². The molecule has 4 nitrogen and oxygen atoms in total. The van der Waals surface area contributed by atoms with E-state index in [2.05, 4.69) is 53.7 Å². The average molecular weight is 419 g/mol. The maximum atomic E-state index is 13.0. The number of aryl methyl sites for hydroxylation is 1. The number of amides is 1. The lowest BCUT2D eigenvalue weighted by Crippen LogP contribution is -2.50. The number of carbonyl (C=O) groups is 1. The zero-order valence-electron chi connectivity index (χ0n) is 18.5. The van der Waals surface area contributed by atoms with Gasteiger partial charge in [-0.05, 0) is 36.0 Å². The minimum Gasteiger partial charge on any atom is -0.375 e. The van der Waals surface area contributed by atoms with Crippen LogP contribution in [0.4, 0.5) is 0 Å². The summed E-state index contributed by atoms with van der Waals surface area (Å²) in [5, 5.41) is 17.7. The molecule has 0 aliphatic heterocycles. The molecule has 0 spiro atoms. The van der Waals surface area contributed by atoms with Gasteiger partial charge in [0.15, 0.2) is 5.60 Å². The summed E-state index contributed by atoms with van der Waals surface area (Å²) in [5.74, 6) is 5.64. The van der Waals surface area contributed by atoms with Crippen LogP contribution >= 0.6 is 0 Å². The van der Waals surface area contributed by atoms with Crippen molar-refractivity contribution in [3.05, 3.63) is 71.3 Å². The van der Waals surface area contributed by atoms with Crippen LogP contribution in [0.2, 0.25) is 0 Å². The summed E-state index contributed by atoms with van der Waals surface area (Å²) >= 11 is 0. The molecular formula is C27H34N2O2. The number of aliphatic hydroxyl groups is 1. The molecule has 3 rings (SSSR count). The van der Waals surface area contributed by atoms with Crippen molar-refractivity contribution in [2.75, 3.05) is 13.1 Å².